The average Bonchev–Trinajstić information content (AvgIpc) is 2.77. The Bertz CT molecular complexity index is 1050. The number of alkyl halides is 3. The van der Waals surface area contributed by atoms with Gasteiger partial charge in [0.25, 0.3) is 0 Å². The zero-order valence-electron chi connectivity index (χ0n) is 16.1. The summed E-state index contributed by atoms with van der Waals surface area (Å²) in [4.78, 5) is 22.5. The number of rotatable bonds is 4. The van der Waals surface area contributed by atoms with Crippen LogP contribution in [0.15, 0.2) is 54.9 Å². The molecule has 3 heterocycles. The number of hydrogen-bond donors (Lipinski definition) is 0. The van der Waals surface area contributed by atoms with Crippen molar-refractivity contribution in [2.24, 2.45) is 5.92 Å². The monoisotopic (exact) mass is 415 g/mol. The van der Waals surface area contributed by atoms with E-state index in [1.165, 1.54) is 17.2 Å². The van der Waals surface area contributed by atoms with E-state index in [2.05, 4.69) is 9.97 Å². The summed E-state index contributed by atoms with van der Waals surface area (Å²) in [7, 11) is 0. The number of hydrogen-bond acceptors (Lipinski definition) is 5. The summed E-state index contributed by atoms with van der Waals surface area (Å²) >= 11 is 0. The summed E-state index contributed by atoms with van der Waals surface area (Å²) in [6.45, 7) is 0.630. The maximum absolute atomic E-state index is 13.3. The van der Waals surface area contributed by atoms with Gasteiger partial charge in [-0.05, 0) is 31.0 Å². The molecule has 0 saturated carbocycles. The minimum Gasteiger partial charge on any atom is -0.460 e. The molecule has 1 unspecified atom stereocenters. The van der Waals surface area contributed by atoms with Crippen molar-refractivity contribution in [1.29, 1.82) is 0 Å². The van der Waals surface area contributed by atoms with Gasteiger partial charge in [0.2, 0.25) is 0 Å². The fourth-order valence-corrected chi connectivity index (χ4v) is 3.78. The van der Waals surface area contributed by atoms with Crippen molar-refractivity contribution in [3.8, 4) is 0 Å². The molecule has 156 valence electrons. The first-order valence-electron chi connectivity index (χ1n) is 9.70. The third-order valence-corrected chi connectivity index (χ3v) is 5.23. The van der Waals surface area contributed by atoms with E-state index in [0.717, 1.165) is 22.5 Å². The Morgan fingerprint density at radius 1 is 1.10 bits per heavy atom. The van der Waals surface area contributed by atoms with Crippen molar-refractivity contribution in [2.45, 2.75) is 25.6 Å². The van der Waals surface area contributed by atoms with Crippen LogP contribution in [0, 0.1) is 5.92 Å². The van der Waals surface area contributed by atoms with E-state index < -0.39 is 23.6 Å². The van der Waals surface area contributed by atoms with Gasteiger partial charge in [-0.3, -0.25) is 9.78 Å². The van der Waals surface area contributed by atoms with E-state index in [-0.39, 0.29) is 19.0 Å². The van der Waals surface area contributed by atoms with Gasteiger partial charge < -0.3 is 9.64 Å². The first-order valence-corrected chi connectivity index (χ1v) is 9.70. The molecule has 0 radical (unpaired) electrons. The third-order valence-electron chi connectivity index (χ3n) is 5.23. The van der Waals surface area contributed by atoms with Gasteiger partial charge >= 0.3 is 12.1 Å². The lowest BCUT2D eigenvalue weighted by molar-refractivity contribution is -0.150. The highest BCUT2D eigenvalue weighted by Crippen LogP contribution is 2.36. The normalized spacial score (nSPS) is 17.2. The summed E-state index contributed by atoms with van der Waals surface area (Å²) in [5, 5.41) is 0.949. The van der Waals surface area contributed by atoms with Crippen molar-refractivity contribution in [2.75, 3.05) is 18.0 Å². The number of benzene rings is 1. The number of aromatic nitrogens is 2. The molecule has 5 nitrogen and oxygen atoms in total. The third kappa shape index (κ3) is 4.22. The minimum atomic E-state index is -4.50. The molecule has 8 heteroatoms. The zero-order chi connectivity index (χ0) is 21.1. The van der Waals surface area contributed by atoms with Crippen LogP contribution in [-0.2, 0) is 22.3 Å². The Hall–Kier alpha value is -3.16. The van der Waals surface area contributed by atoms with Gasteiger partial charge in [0.15, 0.2) is 0 Å². The van der Waals surface area contributed by atoms with Crippen LogP contribution in [0.25, 0.3) is 10.9 Å². The molecule has 1 atom stereocenters. The van der Waals surface area contributed by atoms with Gasteiger partial charge in [-0.15, -0.1) is 0 Å². The number of esters is 1. The van der Waals surface area contributed by atoms with Crippen molar-refractivity contribution in [1.82, 2.24) is 9.97 Å². The summed E-state index contributed by atoms with van der Waals surface area (Å²) in [5.41, 5.74) is 0.764. The van der Waals surface area contributed by atoms with Crippen LogP contribution in [-0.4, -0.2) is 29.0 Å². The van der Waals surface area contributed by atoms with Crippen molar-refractivity contribution >= 4 is 22.7 Å². The smallest absolute Gasteiger partial charge is 0.419 e. The lowest BCUT2D eigenvalue weighted by atomic mass is 9.97. The first kappa shape index (κ1) is 20.1. The Balaban J connectivity index is 1.46. The highest BCUT2D eigenvalue weighted by molar-refractivity contribution is 5.82. The van der Waals surface area contributed by atoms with Gasteiger partial charge in [0, 0.05) is 36.4 Å². The number of piperidine rings is 1. The Labute approximate surface area is 171 Å². The maximum Gasteiger partial charge on any atom is 0.419 e. The maximum atomic E-state index is 13.3. The van der Waals surface area contributed by atoms with Crippen LogP contribution in [0.3, 0.4) is 0 Å². The first-order chi connectivity index (χ1) is 14.4. The van der Waals surface area contributed by atoms with Crippen molar-refractivity contribution in [3.63, 3.8) is 0 Å². The number of fused-ring (bicyclic) bond motifs is 1. The van der Waals surface area contributed by atoms with Crippen LogP contribution in [0.2, 0.25) is 0 Å². The molecule has 0 bridgehead atoms. The van der Waals surface area contributed by atoms with E-state index in [9.17, 15) is 18.0 Å². The number of para-hydroxylation sites is 1. The number of nitrogens with zero attached hydrogens (tertiary/aromatic N) is 3. The summed E-state index contributed by atoms with van der Waals surface area (Å²) in [6, 6.07) is 11.7. The number of ether oxygens (including phenoxy) is 1. The lowest BCUT2D eigenvalue weighted by Gasteiger charge is -2.33. The van der Waals surface area contributed by atoms with Crippen molar-refractivity contribution in [3.05, 3.63) is 66.0 Å². The average molecular weight is 415 g/mol. The van der Waals surface area contributed by atoms with E-state index >= 15 is 0 Å². The standard InChI is InChI=1S/C22H20F3N3O2/c23-22(24,25)18-9-3-11-27-20(18)28-12-4-8-16(13-28)21(29)30-14-17-6-1-5-15-7-2-10-26-19(15)17/h1-3,5-7,9-11,16H,4,8,12-14H2. The molecule has 1 aliphatic heterocycles. The van der Waals surface area contributed by atoms with Gasteiger partial charge in [-0.2, -0.15) is 13.2 Å². The van der Waals surface area contributed by atoms with Crippen LogP contribution in [0.1, 0.15) is 24.0 Å². The molecule has 1 aromatic carbocycles. The Morgan fingerprint density at radius 2 is 1.87 bits per heavy atom. The molecular formula is C22H20F3N3O2. The molecular weight excluding hydrogens is 395 g/mol. The van der Waals surface area contributed by atoms with E-state index in [1.807, 2.05) is 30.3 Å². The second kappa shape index (κ2) is 8.30. The SMILES string of the molecule is O=C(OCc1cccc2cccnc12)C1CCCN(c2ncccc2C(F)(F)F)C1. The highest BCUT2D eigenvalue weighted by atomic mass is 19.4. The van der Waals surface area contributed by atoms with Gasteiger partial charge in [-0.25, -0.2) is 4.98 Å². The second-order valence-electron chi connectivity index (χ2n) is 7.26. The molecule has 1 saturated heterocycles. The molecule has 0 aliphatic carbocycles. The molecule has 30 heavy (non-hydrogen) atoms. The fraction of sp³-hybridized carbons (Fsp3) is 0.318. The van der Waals surface area contributed by atoms with Gasteiger partial charge in [-0.1, -0.05) is 24.3 Å². The molecule has 3 aromatic rings. The number of carbonyl (C=O) groups excluding carboxylic acids is 1. The van der Waals surface area contributed by atoms with E-state index in [4.69, 9.17) is 4.74 Å². The Morgan fingerprint density at radius 3 is 2.70 bits per heavy atom. The number of pyridine rings is 2. The topological polar surface area (TPSA) is 55.3 Å². The second-order valence-corrected chi connectivity index (χ2v) is 7.26. The summed E-state index contributed by atoms with van der Waals surface area (Å²) in [5.74, 6) is -1.07. The number of anilines is 1. The quantitative estimate of drug-likeness (QED) is 0.583. The van der Waals surface area contributed by atoms with Gasteiger partial charge in [0.1, 0.15) is 12.4 Å². The van der Waals surface area contributed by atoms with Crippen LogP contribution >= 0.6 is 0 Å². The molecule has 4 rings (SSSR count). The fourth-order valence-electron chi connectivity index (χ4n) is 3.78. The van der Waals surface area contributed by atoms with Crippen LogP contribution in [0.4, 0.5) is 19.0 Å². The summed E-state index contributed by atoms with van der Waals surface area (Å²) < 4.78 is 45.5. The lowest BCUT2D eigenvalue weighted by Crippen LogP contribution is -2.40. The molecule has 1 aliphatic rings. The zero-order valence-corrected chi connectivity index (χ0v) is 16.1. The van der Waals surface area contributed by atoms with Crippen molar-refractivity contribution < 1.29 is 22.7 Å². The molecule has 0 spiro atoms. The van der Waals surface area contributed by atoms with Gasteiger partial charge in [0.05, 0.1) is 17.0 Å². The molecule has 0 N–H and O–H groups in total. The molecule has 1 fully saturated rings. The predicted molar refractivity (Wildman–Crippen MR) is 106 cm³/mol. The highest BCUT2D eigenvalue weighted by Gasteiger charge is 2.37. The summed E-state index contributed by atoms with van der Waals surface area (Å²) in [6.07, 6.45) is -0.336. The molecule has 0 amide bonds. The Kier molecular flexibility index (Phi) is 5.57. The largest absolute Gasteiger partial charge is 0.460 e. The van der Waals surface area contributed by atoms with E-state index in [1.54, 1.807) is 6.20 Å². The van der Waals surface area contributed by atoms with Crippen LogP contribution < -0.4 is 4.90 Å². The number of carbonyl (C=O) groups is 1. The van der Waals surface area contributed by atoms with Crippen LogP contribution in [0.5, 0.6) is 0 Å². The van der Waals surface area contributed by atoms with E-state index in [0.29, 0.717) is 19.4 Å². The predicted octanol–water partition coefficient (Wildman–Crippen LogP) is 4.61. The minimum absolute atomic E-state index is 0.0705. The molecule has 2 aromatic heterocycles. The number of halogens is 3.